The predicted octanol–water partition coefficient (Wildman–Crippen LogP) is 1.15. The molecule has 8 heteroatoms. The van der Waals surface area contributed by atoms with Gasteiger partial charge in [0.15, 0.2) is 0 Å². The molecule has 0 aliphatic heterocycles. The molecule has 1 aromatic rings. The molecule has 1 aromatic heterocycles. The zero-order valence-corrected chi connectivity index (χ0v) is 12.8. The third-order valence-electron chi connectivity index (χ3n) is 1.95. The van der Waals surface area contributed by atoms with E-state index in [-0.39, 0.29) is 11.4 Å². The zero-order chi connectivity index (χ0) is 12.9. The number of rotatable bonds is 7. The summed E-state index contributed by atoms with van der Waals surface area (Å²) in [6.07, 6.45) is 0. The van der Waals surface area contributed by atoms with Gasteiger partial charge in [-0.3, -0.25) is 0 Å². The molecule has 0 aliphatic carbocycles. The van der Waals surface area contributed by atoms with E-state index >= 15 is 0 Å². The van der Waals surface area contributed by atoms with Gasteiger partial charge in [0, 0.05) is 25.1 Å². The Morgan fingerprint density at radius 2 is 2.24 bits per heavy atom. The van der Waals surface area contributed by atoms with Crippen molar-refractivity contribution in [1.29, 1.82) is 0 Å². The van der Waals surface area contributed by atoms with Crippen molar-refractivity contribution in [1.82, 2.24) is 10.0 Å². The Morgan fingerprint density at radius 3 is 2.82 bits per heavy atom. The van der Waals surface area contributed by atoms with Crippen LogP contribution in [-0.4, -0.2) is 35.7 Å². The summed E-state index contributed by atoms with van der Waals surface area (Å²) in [5, 5.41) is 2.98. The zero-order valence-electron chi connectivity index (χ0n) is 9.62. The van der Waals surface area contributed by atoms with Crippen LogP contribution >= 0.6 is 27.3 Å². The van der Waals surface area contributed by atoms with Crippen molar-refractivity contribution in [2.24, 2.45) is 0 Å². The lowest BCUT2D eigenvalue weighted by atomic mass is 10.5. The van der Waals surface area contributed by atoms with Gasteiger partial charge in [-0.15, -0.1) is 11.3 Å². The summed E-state index contributed by atoms with van der Waals surface area (Å²) in [5.74, 6) is 0. The maximum absolute atomic E-state index is 11.9. The van der Waals surface area contributed by atoms with E-state index in [1.54, 1.807) is 6.07 Å². The van der Waals surface area contributed by atoms with Crippen molar-refractivity contribution >= 4 is 37.3 Å². The molecule has 0 bridgehead atoms. The first kappa shape index (κ1) is 15.1. The van der Waals surface area contributed by atoms with Crippen LogP contribution in [0, 0.1) is 0 Å². The van der Waals surface area contributed by atoms with Crippen molar-refractivity contribution in [3.8, 4) is 0 Å². The first-order chi connectivity index (χ1) is 8.01. The van der Waals surface area contributed by atoms with Crippen LogP contribution in [0.1, 0.15) is 4.88 Å². The van der Waals surface area contributed by atoms with Crippen LogP contribution in [-0.2, 0) is 21.3 Å². The summed E-state index contributed by atoms with van der Waals surface area (Å²) >= 11 is 4.68. The highest BCUT2D eigenvalue weighted by molar-refractivity contribution is 9.11. The fraction of sp³-hybridized carbons (Fsp3) is 0.556. The van der Waals surface area contributed by atoms with Crippen LogP contribution in [0.4, 0.5) is 0 Å². The van der Waals surface area contributed by atoms with E-state index in [9.17, 15) is 8.42 Å². The molecule has 1 heterocycles. The first-order valence-corrected chi connectivity index (χ1v) is 8.02. The van der Waals surface area contributed by atoms with Gasteiger partial charge in [-0.1, -0.05) is 0 Å². The average Bonchev–Trinajstić information content (AvgIpc) is 2.61. The maximum Gasteiger partial charge on any atom is 0.242 e. The Labute approximate surface area is 114 Å². The SMILES string of the molecule is CNCc1cc(S(=O)(=O)NCCOC)c(Br)s1. The second-order valence-electron chi connectivity index (χ2n) is 3.27. The van der Waals surface area contributed by atoms with Crippen LogP contribution in [0.15, 0.2) is 14.7 Å². The Balaban J connectivity index is 2.83. The Bertz CT molecular complexity index is 459. The van der Waals surface area contributed by atoms with Crippen LogP contribution in [0.5, 0.6) is 0 Å². The molecule has 0 fully saturated rings. The smallest absolute Gasteiger partial charge is 0.242 e. The van der Waals surface area contributed by atoms with Gasteiger partial charge < -0.3 is 10.1 Å². The van der Waals surface area contributed by atoms with E-state index in [2.05, 4.69) is 26.0 Å². The molecular weight excluding hydrogens is 328 g/mol. The Hall–Kier alpha value is 0.01000. The highest BCUT2D eigenvalue weighted by Crippen LogP contribution is 2.31. The lowest BCUT2D eigenvalue weighted by Gasteiger charge is -2.04. The summed E-state index contributed by atoms with van der Waals surface area (Å²) in [6, 6.07) is 1.67. The topological polar surface area (TPSA) is 67.4 Å². The van der Waals surface area contributed by atoms with Crippen LogP contribution in [0.3, 0.4) is 0 Å². The number of ether oxygens (including phenoxy) is 1. The molecule has 0 unspecified atom stereocenters. The van der Waals surface area contributed by atoms with Gasteiger partial charge >= 0.3 is 0 Å². The van der Waals surface area contributed by atoms with E-state index in [1.807, 2.05) is 7.05 Å². The van der Waals surface area contributed by atoms with Gasteiger partial charge in [0.05, 0.1) is 10.4 Å². The van der Waals surface area contributed by atoms with Crippen molar-refractivity contribution in [3.63, 3.8) is 0 Å². The Kier molecular flexibility index (Phi) is 6.04. The van der Waals surface area contributed by atoms with Gasteiger partial charge in [-0.25, -0.2) is 13.1 Å². The van der Waals surface area contributed by atoms with Crippen molar-refractivity contribution in [3.05, 3.63) is 14.7 Å². The molecule has 0 radical (unpaired) electrons. The molecule has 5 nitrogen and oxygen atoms in total. The van der Waals surface area contributed by atoms with Crippen molar-refractivity contribution in [2.45, 2.75) is 11.4 Å². The summed E-state index contributed by atoms with van der Waals surface area (Å²) in [5.41, 5.74) is 0. The lowest BCUT2D eigenvalue weighted by molar-refractivity contribution is 0.204. The van der Waals surface area contributed by atoms with E-state index in [0.29, 0.717) is 16.9 Å². The summed E-state index contributed by atoms with van der Waals surface area (Å²) in [4.78, 5) is 1.25. The average molecular weight is 343 g/mol. The number of thiophene rings is 1. The maximum atomic E-state index is 11.9. The van der Waals surface area contributed by atoms with E-state index in [0.717, 1.165) is 4.88 Å². The summed E-state index contributed by atoms with van der Waals surface area (Å²) in [7, 11) is -0.109. The van der Waals surface area contributed by atoms with Gasteiger partial charge in [-0.05, 0) is 29.0 Å². The van der Waals surface area contributed by atoms with Gasteiger partial charge in [0.1, 0.15) is 4.90 Å². The molecule has 0 spiro atoms. The number of hydrogen-bond acceptors (Lipinski definition) is 5. The number of nitrogens with one attached hydrogen (secondary N) is 2. The van der Waals surface area contributed by atoms with E-state index in [4.69, 9.17) is 4.74 Å². The minimum atomic E-state index is -3.45. The number of hydrogen-bond donors (Lipinski definition) is 2. The minimum Gasteiger partial charge on any atom is -0.383 e. The number of sulfonamides is 1. The van der Waals surface area contributed by atoms with Gasteiger partial charge in [-0.2, -0.15) is 0 Å². The van der Waals surface area contributed by atoms with Crippen LogP contribution in [0.2, 0.25) is 0 Å². The largest absolute Gasteiger partial charge is 0.383 e. The quantitative estimate of drug-likeness (QED) is 0.729. The van der Waals surface area contributed by atoms with Crippen molar-refractivity contribution < 1.29 is 13.2 Å². The summed E-state index contributed by atoms with van der Waals surface area (Å²) < 4.78 is 31.8. The molecule has 0 saturated heterocycles. The lowest BCUT2D eigenvalue weighted by Crippen LogP contribution is -2.27. The molecule has 17 heavy (non-hydrogen) atoms. The van der Waals surface area contributed by atoms with Crippen LogP contribution < -0.4 is 10.0 Å². The normalized spacial score (nSPS) is 11.9. The molecule has 98 valence electrons. The molecule has 0 aliphatic rings. The molecule has 1 rings (SSSR count). The summed E-state index contributed by atoms with van der Waals surface area (Å²) in [6.45, 7) is 1.27. The molecular formula is C9H15BrN2O3S2. The van der Waals surface area contributed by atoms with E-state index in [1.165, 1.54) is 18.4 Å². The van der Waals surface area contributed by atoms with Crippen molar-refractivity contribution in [2.75, 3.05) is 27.3 Å². The van der Waals surface area contributed by atoms with Gasteiger partial charge in [0.2, 0.25) is 10.0 Å². The highest BCUT2D eigenvalue weighted by atomic mass is 79.9. The molecule has 0 aromatic carbocycles. The van der Waals surface area contributed by atoms with E-state index < -0.39 is 10.0 Å². The predicted molar refractivity (Wildman–Crippen MR) is 71.8 cm³/mol. The molecule has 0 saturated carbocycles. The molecule has 0 atom stereocenters. The second-order valence-corrected chi connectivity index (χ2v) is 7.46. The molecule has 0 amide bonds. The first-order valence-electron chi connectivity index (χ1n) is 4.92. The molecule has 2 N–H and O–H groups in total. The number of methoxy groups -OCH3 is 1. The third kappa shape index (κ3) is 4.31. The number of halogens is 1. The minimum absolute atomic E-state index is 0.266. The Morgan fingerprint density at radius 1 is 1.53 bits per heavy atom. The van der Waals surface area contributed by atoms with Gasteiger partial charge in [0.25, 0.3) is 0 Å². The third-order valence-corrected chi connectivity index (χ3v) is 5.66. The second kappa shape index (κ2) is 6.81. The fourth-order valence-corrected chi connectivity index (χ4v) is 4.90. The standard InChI is InChI=1S/C9H15BrN2O3S2/c1-11-6-7-5-8(9(10)16-7)17(13,14)12-3-4-15-2/h5,11-12H,3-4,6H2,1-2H3. The van der Waals surface area contributed by atoms with Crippen LogP contribution in [0.25, 0.3) is 0 Å². The fourth-order valence-electron chi connectivity index (χ4n) is 1.20. The highest BCUT2D eigenvalue weighted by Gasteiger charge is 2.20. The monoisotopic (exact) mass is 342 g/mol.